The van der Waals surface area contributed by atoms with E-state index in [1.54, 1.807) is 20.8 Å². The Balaban J connectivity index is 1.61. The zero-order valence-corrected chi connectivity index (χ0v) is 19.4. The monoisotopic (exact) mass is 467 g/mol. The number of ether oxygens (including phenoxy) is 1. The molecule has 3 rings (SSSR count). The van der Waals surface area contributed by atoms with Crippen molar-refractivity contribution < 1.29 is 29.0 Å². The van der Waals surface area contributed by atoms with Gasteiger partial charge in [-0.2, -0.15) is 0 Å². The lowest BCUT2D eigenvalue weighted by molar-refractivity contribution is -0.137. The van der Waals surface area contributed by atoms with Gasteiger partial charge in [0.25, 0.3) is 0 Å². The summed E-state index contributed by atoms with van der Waals surface area (Å²) in [5, 5.41) is 15.8. The molecule has 180 valence electrons. The van der Waals surface area contributed by atoms with Gasteiger partial charge in [0.05, 0.1) is 6.54 Å². The minimum Gasteiger partial charge on any atom is -0.480 e. The number of hydrogen-bond acceptors (Lipinski definition) is 5. The molecule has 0 saturated carbocycles. The van der Waals surface area contributed by atoms with E-state index in [-0.39, 0.29) is 12.5 Å². The second kappa shape index (κ2) is 10.4. The van der Waals surface area contributed by atoms with E-state index in [1.807, 2.05) is 48.5 Å². The number of amides is 3. The van der Waals surface area contributed by atoms with Crippen molar-refractivity contribution in [3.8, 4) is 11.1 Å². The molecule has 34 heavy (non-hydrogen) atoms. The molecular formula is C25H29N3O6. The molecule has 2 aromatic rings. The summed E-state index contributed by atoms with van der Waals surface area (Å²) >= 11 is 0. The van der Waals surface area contributed by atoms with Crippen LogP contribution in [0, 0.1) is 5.41 Å². The Morgan fingerprint density at radius 3 is 2.00 bits per heavy atom. The maximum absolute atomic E-state index is 12.7. The van der Waals surface area contributed by atoms with Crippen LogP contribution in [-0.4, -0.2) is 54.7 Å². The maximum Gasteiger partial charge on any atom is 0.407 e. The molecule has 0 saturated heterocycles. The van der Waals surface area contributed by atoms with E-state index in [0.717, 1.165) is 22.3 Å². The van der Waals surface area contributed by atoms with Crippen LogP contribution in [0.15, 0.2) is 48.5 Å². The zero-order chi connectivity index (χ0) is 24.9. The minimum absolute atomic E-state index is 0.107. The first kappa shape index (κ1) is 24.8. The summed E-state index contributed by atoms with van der Waals surface area (Å²) in [6, 6.07) is 15.0. The molecule has 9 heteroatoms. The van der Waals surface area contributed by atoms with Crippen LogP contribution in [0.1, 0.15) is 37.8 Å². The van der Waals surface area contributed by atoms with Gasteiger partial charge in [-0.3, -0.25) is 14.4 Å². The van der Waals surface area contributed by atoms with Crippen LogP contribution in [-0.2, 0) is 19.1 Å². The Morgan fingerprint density at radius 2 is 1.47 bits per heavy atom. The first-order valence-electron chi connectivity index (χ1n) is 11.0. The first-order valence-corrected chi connectivity index (χ1v) is 11.0. The number of alkyl carbamates (subject to hydrolysis) is 1. The molecular weight excluding hydrogens is 438 g/mol. The number of carbonyl (C=O) groups excluding carboxylic acids is 3. The predicted octanol–water partition coefficient (Wildman–Crippen LogP) is 2.26. The fraction of sp³-hybridized carbons (Fsp3) is 0.360. The fourth-order valence-electron chi connectivity index (χ4n) is 3.94. The molecule has 1 atom stereocenters. The molecule has 0 heterocycles. The van der Waals surface area contributed by atoms with Crippen LogP contribution in [0.25, 0.3) is 11.1 Å². The van der Waals surface area contributed by atoms with E-state index in [9.17, 15) is 19.2 Å². The molecule has 0 spiro atoms. The molecule has 1 aliphatic carbocycles. The molecule has 3 amide bonds. The smallest absolute Gasteiger partial charge is 0.407 e. The number of rotatable bonds is 8. The van der Waals surface area contributed by atoms with E-state index in [1.165, 1.54) is 0 Å². The molecule has 0 bridgehead atoms. The number of aliphatic carboxylic acids is 1. The molecule has 0 fully saturated rings. The van der Waals surface area contributed by atoms with E-state index >= 15 is 0 Å². The second-order valence-electron chi connectivity index (χ2n) is 9.16. The van der Waals surface area contributed by atoms with E-state index in [0.29, 0.717) is 0 Å². The van der Waals surface area contributed by atoms with Crippen molar-refractivity contribution in [2.75, 3.05) is 19.7 Å². The summed E-state index contributed by atoms with van der Waals surface area (Å²) in [4.78, 5) is 47.5. The topological polar surface area (TPSA) is 134 Å². The number of hydrogen-bond donors (Lipinski definition) is 4. The number of carboxylic acid groups (broad SMARTS) is 1. The van der Waals surface area contributed by atoms with Gasteiger partial charge in [0.15, 0.2) is 0 Å². The largest absolute Gasteiger partial charge is 0.480 e. The quantitative estimate of drug-likeness (QED) is 0.471. The van der Waals surface area contributed by atoms with Crippen LogP contribution in [0.3, 0.4) is 0 Å². The second-order valence-corrected chi connectivity index (χ2v) is 9.16. The number of benzene rings is 2. The lowest BCUT2D eigenvalue weighted by atomic mass is 9.86. The highest BCUT2D eigenvalue weighted by molar-refractivity contribution is 5.90. The molecule has 4 N–H and O–H groups in total. The summed E-state index contributed by atoms with van der Waals surface area (Å²) < 4.78 is 5.53. The van der Waals surface area contributed by atoms with Crippen molar-refractivity contribution in [3.05, 3.63) is 59.7 Å². The van der Waals surface area contributed by atoms with Gasteiger partial charge in [-0.1, -0.05) is 69.3 Å². The summed E-state index contributed by atoms with van der Waals surface area (Å²) in [5.74, 6) is -2.53. The van der Waals surface area contributed by atoms with E-state index < -0.39 is 48.4 Å². The summed E-state index contributed by atoms with van der Waals surface area (Å²) in [6.07, 6.45) is -0.743. The molecule has 1 aliphatic rings. The third-order valence-electron chi connectivity index (χ3n) is 5.59. The van der Waals surface area contributed by atoms with E-state index in [4.69, 9.17) is 9.84 Å². The number of nitrogens with one attached hydrogen (secondary N) is 3. The molecule has 2 aromatic carbocycles. The Bertz CT molecular complexity index is 1050. The van der Waals surface area contributed by atoms with E-state index in [2.05, 4.69) is 16.0 Å². The van der Waals surface area contributed by atoms with Crippen LogP contribution < -0.4 is 16.0 Å². The maximum atomic E-state index is 12.7. The zero-order valence-electron chi connectivity index (χ0n) is 19.4. The van der Waals surface area contributed by atoms with Crippen molar-refractivity contribution >= 4 is 23.9 Å². The Labute approximate surface area is 197 Å². The number of carboxylic acids is 1. The van der Waals surface area contributed by atoms with Gasteiger partial charge in [-0.25, -0.2) is 4.79 Å². The molecule has 0 aliphatic heterocycles. The molecule has 9 nitrogen and oxygen atoms in total. The lowest BCUT2D eigenvalue weighted by Gasteiger charge is -2.30. The van der Waals surface area contributed by atoms with Gasteiger partial charge in [-0.05, 0) is 27.7 Å². The average Bonchev–Trinajstić information content (AvgIpc) is 3.11. The van der Waals surface area contributed by atoms with Gasteiger partial charge >= 0.3 is 12.1 Å². The van der Waals surface area contributed by atoms with Gasteiger partial charge < -0.3 is 25.8 Å². The van der Waals surface area contributed by atoms with Gasteiger partial charge in [0.1, 0.15) is 19.2 Å². The van der Waals surface area contributed by atoms with Crippen LogP contribution in [0.4, 0.5) is 4.79 Å². The molecule has 0 unspecified atom stereocenters. The summed E-state index contributed by atoms with van der Waals surface area (Å²) in [7, 11) is 0. The predicted molar refractivity (Wildman–Crippen MR) is 125 cm³/mol. The number of carbonyl (C=O) groups is 4. The molecule has 0 aromatic heterocycles. The highest BCUT2D eigenvalue weighted by atomic mass is 16.5. The lowest BCUT2D eigenvalue weighted by Crippen LogP contribution is -2.55. The highest BCUT2D eigenvalue weighted by Gasteiger charge is 2.34. The summed E-state index contributed by atoms with van der Waals surface area (Å²) in [5.41, 5.74) is 3.70. The third kappa shape index (κ3) is 5.92. The first-order chi connectivity index (χ1) is 16.1. The van der Waals surface area contributed by atoms with Crippen LogP contribution in [0.5, 0.6) is 0 Å². The van der Waals surface area contributed by atoms with Crippen molar-refractivity contribution in [2.45, 2.75) is 32.7 Å². The Morgan fingerprint density at radius 1 is 0.912 bits per heavy atom. The van der Waals surface area contributed by atoms with Crippen LogP contribution in [0.2, 0.25) is 0 Å². The van der Waals surface area contributed by atoms with Gasteiger partial charge in [-0.15, -0.1) is 0 Å². The van der Waals surface area contributed by atoms with Crippen molar-refractivity contribution in [3.63, 3.8) is 0 Å². The Hall–Kier alpha value is -3.88. The average molecular weight is 468 g/mol. The van der Waals surface area contributed by atoms with Crippen molar-refractivity contribution in [1.29, 1.82) is 0 Å². The highest BCUT2D eigenvalue weighted by Crippen LogP contribution is 2.44. The normalized spacial score (nSPS) is 13.3. The molecule has 0 radical (unpaired) electrons. The van der Waals surface area contributed by atoms with Gasteiger partial charge in [0, 0.05) is 5.92 Å². The SMILES string of the molecule is CC(C)(C)[C@H](NC(=O)OCC1c2ccccc2-c2ccccc21)C(=O)NCC(=O)NCC(=O)O. The van der Waals surface area contributed by atoms with Crippen molar-refractivity contribution in [1.82, 2.24) is 16.0 Å². The minimum atomic E-state index is -1.19. The van der Waals surface area contributed by atoms with Crippen molar-refractivity contribution in [2.24, 2.45) is 5.41 Å². The number of fused-ring (bicyclic) bond motifs is 3. The van der Waals surface area contributed by atoms with Gasteiger partial charge in [0.2, 0.25) is 11.8 Å². The van der Waals surface area contributed by atoms with Crippen LogP contribution >= 0.6 is 0 Å². The standard InChI is InChI=1S/C25H29N3O6/c1-25(2,3)22(23(32)27-12-20(29)26-13-21(30)31)28-24(33)34-14-19-17-10-6-4-8-15(17)16-9-5-7-11-18(16)19/h4-11,19,22H,12-14H2,1-3H3,(H,26,29)(H,27,32)(H,28,33)(H,30,31)/t22-/m1/s1. The summed E-state index contributed by atoms with van der Waals surface area (Å²) in [6.45, 7) is 4.46. The third-order valence-corrected chi connectivity index (χ3v) is 5.59. The fourth-order valence-corrected chi connectivity index (χ4v) is 3.94. The Kier molecular flexibility index (Phi) is 7.55.